The first-order chi connectivity index (χ1) is 10.1. The van der Waals surface area contributed by atoms with Crippen molar-refractivity contribution in [3.63, 3.8) is 0 Å². The highest BCUT2D eigenvalue weighted by molar-refractivity contribution is 6.32. The molecule has 0 aliphatic carbocycles. The lowest BCUT2D eigenvalue weighted by Gasteiger charge is -2.31. The van der Waals surface area contributed by atoms with Gasteiger partial charge in [-0.05, 0) is 30.5 Å². The number of halogens is 1. The average Bonchev–Trinajstić information content (AvgIpc) is 2.47. The number of carbonyl (C=O) groups is 1. The largest absolute Gasteiger partial charge is 0.495 e. The molecule has 0 unspecified atom stereocenters. The molecule has 0 radical (unpaired) electrons. The van der Waals surface area contributed by atoms with Crippen LogP contribution < -0.4 is 4.74 Å². The second kappa shape index (κ2) is 7.64. The second-order valence-corrected chi connectivity index (χ2v) is 5.56. The Kier molecular flexibility index (Phi) is 5.85. The van der Waals surface area contributed by atoms with Crippen LogP contribution in [0.3, 0.4) is 0 Å². The van der Waals surface area contributed by atoms with Crippen molar-refractivity contribution in [2.75, 3.05) is 26.8 Å². The molecular formula is C15H20ClNO4. The van der Waals surface area contributed by atoms with Crippen LogP contribution in [-0.2, 0) is 16.1 Å². The first-order valence-corrected chi connectivity index (χ1v) is 7.34. The predicted octanol–water partition coefficient (Wildman–Crippen LogP) is 2.41. The van der Waals surface area contributed by atoms with E-state index in [4.69, 9.17) is 26.2 Å². The van der Waals surface area contributed by atoms with Crippen molar-refractivity contribution in [3.05, 3.63) is 28.8 Å². The van der Waals surface area contributed by atoms with Crippen LogP contribution in [0.5, 0.6) is 5.75 Å². The fraction of sp³-hybridized carbons (Fsp3) is 0.533. The van der Waals surface area contributed by atoms with E-state index in [0.717, 1.165) is 38.0 Å². The van der Waals surface area contributed by atoms with Crippen molar-refractivity contribution in [2.24, 2.45) is 0 Å². The van der Waals surface area contributed by atoms with Crippen molar-refractivity contribution >= 4 is 17.6 Å². The van der Waals surface area contributed by atoms with Crippen LogP contribution in [0, 0.1) is 0 Å². The van der Waals surface area contributed by atoms with E-state index in [0.29, 0.717) is 10.8 Å². The first kappa shape index (κ1) is 16.1. The zero-order valence-electron chi connectivity index (χ0n) is 12.0. The van der Waals surface area contributed by atoms with Crippen LogP contribution in [-0.4, -0.2) is 48.9 Å². The van der Waals surface area contributed by atoms with E-state index in [2.05, 4.69) is 4.90 Å². The van der Waals surface area contributed by atoms with Crippen molar-refractivity contribution < 1.29 is 19.4 Å². The minimum absolute atomic E-state index is 0.0526. The molecule has 1 aromatic carbocycles. The molecule has 1 aliphatic heterocycles. The van der Waals surface area contributed by atoms with Gasteiger partial charge in [-0.25, -0.2) is 4.79 Å². The maximum absolute atomic E-state index is 10.5. The molecule has 1 aliphatic rings. The number of piperidine rings is 1. The molecule has 1 saturated heterocycles. The minimum atomic E-state index is -0.912. The van der Waals surface area contributed by atoms with Crippen LogP contribution in [0.4, 0.5) is 0 Å². The zero-order chi connectivity index (χ0) is 15.2. The van der Waals surface area contributed by atoms with Crippen LogP contribution >= 0.6 is 11.6 Å². The molecule has 1 heterocycles. The predicted molar refractivity (Wildman–Crippen MR) is 79.9 cm³/mol. The quantitative estimate of drug-likeness (QED) is 0.874. The van der Waals surface area contributed by atoms with Crippen molar-refractivity contribution in [2.45, 2.75) is 25.5 Å². The van der Waals surface area contributed by atoms with E-state index < -0.39 is 5.97 Å². The van der Waals surface area contributed by atoms with Gasteiger partial charge >= 0.3 is 5.97 Å². The Labute approximate surface area is 129 Å². The lowest BCUT2D eigenvalue weighted by Crippen LogP contribution is -2.37. The molecule has 1 aromatic rings. The lowest BCUT2D eigenvalue weighted by molar-refractivity contribution is -0.145. The fourth-order valence-corrected chi connectivity index (χ4v) is 2.77. The van der Waals surface area contributed by atoms with E-state index in [1.165, 1.54) is 0 Å². The summed E-state index contributed by atoms with van der Waals surface area (Å²) in [5.74, 6) is -0.230. The van der Waals surface area contributed by atoms with Gasteiger partial charge in [0.2, 0.25) is 0 Å². The molecule has 116 valence electrons. The number of carboxylic acids is 1. The molecule has 0 bridgehead atoms. The van der Waals surface area contributed by atoms with E-state index >= 15 is 0 Å². The third-order valence-electron chi connectivity index (χ3n) is 3.60. The molecular weight excluding hydrogens is 294 g/mol. The molecule has 0 aromatic heterocycles. The SMILES string of the molecule is COc1ccc(CN2CCC(OCC(=O)O)CC2)cc1Cl. The van der Waals surface area contributed by atoms with E-state index in [1.54, 1.807) is 7.11 Å². The van der Waals surface area contributed by atoms with E-state index in [-0.39, 0.29) is 12.7 Å². The fourth-order valence-electron chi connectivity index (χ4n) is 2.49. The molecule has 1 N–H and O–H groups in total. The van der Waals surface area contributed by atoms with Crippen molar-refractivity contribution in [3.8, 4) is 5.75 Å². The summed E-state index contributed by atoms with van der Waals surface area (Å²) in [6, 6.07) is 5.81. The Morgan fingerprint density at radius 2 is 2.14 bits per heavy atom. The number of likely N-dealkylation sites (tertiary alicyclic amines) is 1. The van der Waals surface area contributed by atoms with Gasteiger partial charge in [0.1, 0.15) is 12.4 Å². The van der Waals surface area contributed by atoms with Crippen LogP contribution in [0.1, 0.15) is 18.4 Å². The van der Waals surface area contributed by atoms with Crippen molar-refractivity contribution in [1.82, 2.24) is 4.90 Å². The summed E-state index contributed by atoms with van der Waals surface area (Å²) >= 11 is 6.12. The highest BCUT2D eigenvalue weighted by Gasteiger charge is 2.20. The Morgan fingerprint density at radius 1 is 1.43 bits per heavy atom. The average molecular weight is 314 g/mol. The van der Waals surface area contributed by atoms with Gasteiger partial charge in [0.25, 0.3) is 0 Å². The first-order valence-electron chi connectivity index (χ1n) is 6.96. The number of benzene rings is 1. The standard InChI is InChI=1S/C15H20ClNO4/c1-20-14-3-2-11(8-13(14)16)9-17-6-4-12(5-7-17)21-10-15(18)19/h2-3,8,12H,4-7,9-10H2,1H3,(H,18,19). The number of nitrogens with zero attached hydrogens (tertiary/aromatic N) is 1. The van der Waals surface area contributed by atoms with Gasteiger partial charge in [-0.2, -0.15) is 0 Å². The summed E-state index contributed by atoms with van der Waals surface area (Å²) in [5, 5.41) is 9.22. The van der Waals surface area contributed by atoms with Gasteiger partial charge in [-0.3, -0.25) is 4.90 Å². The number of carboxylic acid groups (broad SMARTS) is 1. The molecule has 0 amide bonds. The molecule has 0 saturated carbocycles. The zero-order valence-corrected chi connectivity index (χ0v) is 12.8. The third-order valence-corrected chi connectivity index (χ3v) is 3.89. The third kappa shape index (κ3) is 4.88. The molecule has 1 fully saturated rings. The van der Waals surface area contributed by atoms with Crippen LogP contribution in [0.15, 0.2) is 18.2 Å². The topological polar surface area (TPSA) is 59.0 Å². The van der Waals surface area contributed by atoms with Crippen LogP contribution in [0.2, 0.25) is 5.02 Å². The normalized spacial score (nSPS) is 16.9. The number of rotatable bonds is 6. The number of methoxy groups -OCH3 is 1. The van der Waals surface area contributed by atoms with E-state index in [9.17, 15) is 4.79 Å². The van der Waals surface area contributed by atoms with Gasteiger partial charge in [0, 0.05) is 19.6 Å². The molecule has 21 heavy (non-hydrogen) atoms. The van der Waals surface area contributed by atoms with Gasteiger partial charge in [-0.15, -0.1) is 0 Å². The van der Waals surface area contributed by atoms with Gasteiger partial charge in [-0.1, -0.05) is 17.7 Å². The second-order valence-electron chi connectivity index (χ2n) is 5.15. The number of hydrogen-bond acceptors (Lipinski definition) is 4. The van der Waals surface area contributed by atoms with Crippen molar-refractivity contribution in [1.29, 1.82) is 0 Å². The lowest BCUT2D eigenvalue weighted by atomic mass is 10.1. The number of hydrogen-bond donors (Lipinski definition) is 1. The summed E-state index contributed by atoms with van der Waals surface area (Å²) in [5.41, 5.74) is 1.14. The molecule has 0 atom stereocenters. The molecule has 2 rings (SSSR count). The summed E-state index contributed by atoms with van der Waals surface area (Å²) in [4.78, 5) is 12.8. The summed E-state index contributed by atoms with van der Waals surface area (Å²) in [6.45, 7) is 2.41. The maximum Gasteiger partial charge on any atom is 0.329 e. The molecule has 0 spiro atoms. The van der Waals surface area contributed by atoms with E-state index in [1.807, 2.05) is 18.2 Å². The summed E-state index contributed by atoms with van der Waals surface area (Å²) in [7, 11) is 1.60. The highest BCUT2D eigenvalue weighted by Crippen LogP contribution is 2.26. The van der Waals surface area contributed by atoms with Crippen LogP contribution in [0.25, 0.3) is 0 Å². The number of ether oxygens (including phenoxy) is 2. The molecule has 6 heteroatoms. The van der Waals surface area contributed by atoms with Gasteiger partial charge in [0.15, 0.2) is 0 Å². The number of aliphatic carboxylic acids is 1. The Bertz CT molecular complexity index is 487. The van der Waals surface area contributed by atoms with Gasteiger partial charge < -0.3 is 14.6 Å². The Balaban J connectivity index is 1.80. The van der Waals surface area contributed by atoms with Gasteiger partial charge in [0.05, 0.1) is 18.2 Å². The maximum atomic E-state index is 10.5. The Hall–Kier alpha value is -1.30. The Morgan fingerprint density at radius 3 is 2.71 bits per heavy atom. The highest BCUT2D eigenvalue weighted by atomic mass is 35.5. The summed E-state index contributed by atoms with van der Waals surface area (Å²) < 4.78 is 10.5. The molecule has 5 nitrogen and oxygen atoms in total. The smallest absolute Gasteiger partial charge is 0.329 e. The summed E-state index contributed by atoms with van der Waals surface area (Å²) in [6.07, 6.45) is 1.77. The monoisotopic (exact) mass is 313 g/mol. The minimum Gasteiger partial charge on any atom is -0.495 e.